The highest BCUT2D eigenvalue weighted by molar-refractivity contribution is 7.17. The number of hydrogen-bond acceptors (Lipinski definition) is 4. The van der Waals surface area contributed by atoms with E-state index in [2.05, 4.69) is 15.0 Å². The predicted octanol–water partition coefficient (Wildman–Crippen LogP) is 5.32. The van der Waals surface area contributed by atoms with Crippen molar-refractivity contribution in [2.75, 3.05) is 5.32 Å². The van der Waals surface area contributed by atoms with Gasteiger partial charge in [-0.05, 0) is 18.2 Å². The molecule has 0 bridgehead atoms. The molecule has 0 saturated carbocycles. The first kappa shape index (κ1) is 17.3. The summed E-state index contributed by atoms with van der Waals surface area (Å²) in [5.74, 6) is -0.432. The van der Waals surface area contributed by atoms with Gasteiger partial charge in [-0.25, -0.2) is 4.98 Å². The molecule has 1 aromatic heterocycles. The smallest absolute Gasteiger partial charge is 0.387 e. The molecule has 0 aliphatic carbocycles. The van der Waals surface area contributed by atoms with Gasteiger partial charge < -0.3 is 10.1 Å². The lowest BCUT2D eigenvalue weighted by Gasteiger charge is -2.07. The van der Waals surface area contributed by atoms with Gasteiger partial charge in [0.25, 0.3) is 5.91 Å². The average molecular weight is 381 g/mol. The van der Waals surface area contributed by atoms with Crippen LogP contribution in [-0.2, 0) is 0 Å². The Hall–Kier alpha value is -2.51. The van der Waals surface area contributed by atoms with Crippen molar-refractivity contribution >= 4 is 34.5 Å². The van der Waals surface area contributed by atoms with E-state index in [9.17, 15) is 13.6 Å². The van der Waals surface area contributed by atoms with E-state index in [-0.39, 0.29) is 5.75 Å². The molecule has 0 aliphatic heterocycles. The van der Waals surface area contributed by atoms with Crippen LogP contribution in [0.4, 0.5) is 14.5 Å². The molecule has 1 N–H and O–H groups in total. The maximum absolute atomic E-state index is 12.3. The van der Waals surface area contributed by atoms with E-state index >= 15 is 0 Å². The topological polar surface area (TPSA) is 51.2 Å². The molecule has 0 aliphatic rings. The number of anilines is 1. The van der Waals surface area contributed by atoms with Crippen LogP contribution in [0.15, 0.2) is 54.7 Å². The average Bonchev–Trinajstić information content (AvgIpc) is 3.05. The number of nitrogens with zero attached hydrogens (tertiary/aromatic N) is 1. The molecule has 1 heterocycles. The normalized spacial score (nSPS) is 10.7. The highest BCUT2D eigenvalue weighted by Gasteiger charge is 2.14. The summed E-state index contributed by atoms with van der Waals surface area (Å²) >= 11 is 7.31. The van der Waals surface area contributed by atoms with Crippen LogP contribution in [0, 0.1) is 0 Å². The number of alkyl halides is 2. The maximum Gasteiger partial charge on any atom is 0.387 e. The maximum atomic E-state index is 12.3. The molecule has 4 nitrogen and oxygen atoms in total. The SMILES string of the molecule is O=C(Nc1cccc(OC(F)F)c1)c1cnc(-c2ccccc2Cl)s1. The van der Waals surface area contributed by atoms with Gasteiger partial charge in [-0.15, -0.1) is 11.3 Å². The van der Waals surface area contributed by atoms with E-state index in [0.717, 1.165) is 5.56 Å². The quantitative estimate of drug-likeness (QED) is 0.652. The van der Waals surface area contributed by atoms with Gasteiger partial charge in [0.15, 0.2) is 0 Å². The Morgan fingerprint density at radius 1 is 1.20 bits per heavy atom. The van der Waals surface area contributed by atoms with Crippen molar-refractivity contribution in [3.05, 3.63) is 64.6 Å². The Kier molecular flexibility index (Phi) is 5.25. The summed E-state index contributed by atoms with van der Waals surface area (Å²) in [5, 5.41) is 3.78. The van der Waals surface area contributed by atoms with E-state index in [0.29, 0.717) is 20.6 Å². The first-order valence-electron chi connectivity index (χ1n) is 7.10. The first-order valence-corrected chi connectivity index (χ1v) is 8.29. The molecule has 0 atom stereocenters. The third-order valence-electron chi connectivity index (χ3n) is 3.15. The second kappa shape index (κ2) is 7.58. The lowest BCUT2D eigenvalue weighted by Crippen LogP contribution is -2.10. The van der Waals surface area contributed by atoms with Gasteiger partial charge in [-0.3, -0.25) is 4.79 Å². The minimum absolute atomic E-state index is 0.0335. The lowest BCUT2D eigenvalue weighted by atomic mass is 10.2. The fourth-order valence-electron chi connectivity index (χ4n) is 2.08. The van der Waals surface area contributed by atoms with Crippen LogP contribution in [0.3, 0.4) is 0 Å². The standard InChI is InChI=1S/C17H11ClF2N2O2S/c18-13-7-2-1-6-12(13)16-21-9-14(25-16)15(23)22-10-4-3-5-11(8-10)24-17(19)20/h1-9,17H,(H,22,23). The Morgan fingerprint density at radius 2 is 2.00 bits per heavy atom. The highest BCUT2D eigenvalue weighted by atomic mass is 35.5. The van der Waals surface area contributed by atoms with Gasteiger partial charge in [0.05, 0.1) is 11.2 Å². The monoisotopic (exact) mass is 380 g/mol. The van der Waals surface area contributed by atoms with E-state index < -0.39 is 12.5 Å². The van der Waals surface area contributed by atoms with E-state index in [1.807, 2.05) is 18.2 Å². The molecular formula is C17H11ClF2N2O2S. The molecule has 3 rings (SSSR count). The zero-order valence-electron chi connectivity index (χ0n) is 12.6. The largest absolute Gasteiger partial charge is 0.435 e. The van der Waals surface area contributed by atoms with E-state index in [1.54, 1.807) is 12.1 Å². The van der Waals surface area contributed by atoms with Crippen molar-refractivity contribution in [2.24, 2.45) is 0 Å². The first-order chi connectivity index (χ1) is 12.0. The number of amides is 1. The molecule has 0 fully saturated rings. The second-order valence-corrected chi connectivity index (χ2v) is 6.31. The number of hydrogen-bond donors (Lipinski definition) is 1. The molecule has 2 aromatic carbocycles. The molecule has 3 aromatic rings. The van der Waals surface area contributed by atoms with Crippen molar-refractivity contribution in [3.63, 3.8) is 0 Å². The van der Waals surface area contributed by atoms with Crippen LogP contribution < -0.4 is 10.1 Å². The van der Waals surface area contributed by atoms with Crippen LogP contribution in [0.1, 0.15) is 9.67 Å². The number of carbonyl (C=O) groups is 1. The molecule has 0 spiro atoms. The van der Waals surface area contributed by atoms with Crippen molar-refractivity contribution in [3.8, 4) is 16.3 Å². The van der Waals surface area contributed by atoms with Gasteiger partial charge in [0.2, 0.25) is 0 Å². The van der Waals surface area contributed by atoms with Crippen LogP contribution in [-0.4, -0.2) is 17.5 Å². The van der Waals surface area contributed by atoms with Gasteiger partial charge in [-0.1, -0.05) is 35.9 Å². The van der Waals surface area contributed by atoms with Crippen LogP contribution in [0.2, 0.25) is 5.02 Å². The molecule has 128 valence electrons. The number of thiazole rings is 1. The third-order valence-corrected chi connectivity index (χ3v) is 4.51. The zero-order chi connectivity index (χ0) is 17.8. The Morgan fingerprint density at radius 3 is 2.76 bits per heavy atom. The van der Waals surface area contributed by atoms with Crippen molar-refractivity contribution in [1.82, 2.24) is 4.98 Å². The Bertz CT molecular complexity index is 902. The van der Waals surface area contributed by atoms with Crippen molar-refractivity contribution in [1.29, 1.82) is 0 Å². The second-order valence-electron chi connectivity index (χ2n) is 4.87. The van der Waals surface area contributed by atoms with Crippen molar-refractivity contribution in [2.45, 2.75) is 6.61 Å². The summed E-state index contributed by atoms with van der Waals surface area (Å²) in [5.41, 5.74) is 1.08. The fourth-order valence-corrected chi connectivity index (χ4v) is 3.21. The molecule has 25 heavy (non-hydrogen) atoms. The van der Waals surface area contributed by atoms with E-state index in [1.165, 1.54) is 35.7 Å². The zero-order valence-corrected chi connectivity index (χ0v) is 14.2. The number of benzene rings is 2. The Balaban J connectivity index is 1.75. The van der Waals surface area contributed by atoms with Crippen LogP contribution >= 0.6 is 22.9 Å². The van der Waals surface area contributed by atoms with Gasteiger partial charge in [0, 0.05) is 17.3 Å². The van der Waals surface area contributed by atoms with E-state index in [4.69, 9.17) is 11.6 Å². The highest BCUT2D eigenvalue weighted by Crippen LogP contribution is 2.31. The summed E-state index contributed by atoms with van der Waals surface area (Å²) in [6.45, 7) is -2.93. The number of nitrogens with one attached hydrogen (secondary N) is 1. The summed E-state index contributed by atoms with van der Waals surface area (Å²) in [6.07, 6.45) is 1.44. The summed E-state index contributed by atoms with van der Waals surface area (Å²) < 4.78 is 28.8. The molecule has 1 amide bonds. The summed E-state index contributed by atoms with van der Waals surface area (Å²) in [7, 11) is 0. The molecule has 8 heteroatoms. The number of halogens is 3. The van der Waals surface area contributed by atoms with Gasteiger partial charge in [-0.2, -0.15) is 8.78 Å². The minimum Gasteiger partial charge on any atom is -0.435 e. The summed E-state index contributed by atoms with van der Waals surface area (Å²) in [4.78, 5) is 16.9. The number of ether oxygens (including phenoxy) is 1. The molecule has 0 unspecified atom stereocenters. The van der Waals surface area contributed by atoms with Crippen LogP contribution in [0.5, 0.6) is 5.75 Å². The molecule has 0 saturated heterocycles. The Labute approximate surface area is 151 Å². The third kappa shape index (κ3) is 4.32. The summed E-state index contributed by atoms with van der Waals surface area (Å²) in [6, 6.07) is 13.0. The number of aromatic nitrogens is 1. The fraction of sp³-hybridized carbons (Fsp3) is 0.0588. The van der Waals surface area contributed by atoms with Gasteiger partial charge in [0.1, 0.15) is 15.6 Å². The number of carbonyl (C=O) groups excluding carboxylic acids is 1. The van der Waals surface area contributed by atoms with Crippen LogP contribution in [0.25, 0.3) is 10.6 Å². The number of rotatable bonds is 5. The molecule has 0 radical (unpaired) electrons. The minimum atomic E-state index is -2.93. The predicted molar refractivity (Wildman–Crippen MR) is 93.6 cm³/mol. The van der Waals surface area contributed by atoms with Crippen molar-refractivity contribution < 1.29 is 18.3 Å². The molecular weight excluding hydrogens is 370 g/mol. The lowest BCUT2D eigenvalue weighted by molar-refractivity contribution is -0.0497. The van der Waals surface area contributed by atoms with Gasteiger partial charge >= 0.3 is 6.61 Å².